The van der Waals surface area contributed by atoms with Crippen LogP contribution in [0.3, 0.4) is 0 Å². The van der Waals surface area contributed by atoms with Crippen molar-refractivity contribution in [3.8, 4) is 5.75 Å². The smallest absolute Gasteiger partial charge is 0.535 e. The number of benzene rings is 2. The zero-order chi connectivity index (χ0) is 14.3. The van der Waals surface area contributed by atoms with Crippen molar-refractivity contribution in [1.82, 2.24) is 0 Å². The van der Waals surface area contributed by atoms with Crippen molar-refractivity contribution in [3.05, 3.63) is 42.0 Å². The van der Waals surface area contributed by atoms with E-state index in [9.17, 15) is 0 Å². The van der Waals surface area contributed by atoms with Gasteiger partial charge in [-0.2, -0.15) is 0 Å². The van der Waals surface area contributed by atoms with Crippen molar-refractivity contribution in [3.63, 3.8) is 0 Å². The zero-order valence-electron chi connectivity index (χ0n) is 11.8. The van der Waals surface area contributed by atoms with Crippen LogP contribution in [0, 0.1) is 0 Å². The first kappa shape index (κ1) is 13.1. The van der Waals surface area contributed by atoms with E-state index in [1.165, 1.54) is 0 Å². The fourth-order valence-electron chi connectivity index (χ4n) is 2.53. The van der Waals surface area contributed by atoms with Crippen molar-refractivity contribution in [2.24, 2.45) is 0 Å². The maximum absolute atomic E-state index is 8.85. The van der Waals surface area contributed by atoms with Gasteiger partial charge in [0.1, 0.15) is 11.3 Å². The highest BCUT2D eigenvalue weighted by Gasteiger charge is 2.21. The Morgan fingerprint density at radius 1 is 1.00 bits per heavy atom. The Hall–Kier alpha value is -1.94. The van der Waals surface area contributed by atoms with E-state index in [-0.39, 0.29) is 5.41 Å². The van der Waals surface area contributed by atoms with Gasteiger partial charge in [-0.05, 0) is 11.5 Å². The molecule has 2 aromatic carbocycles. The second kappa shape index (κ2) is 4.56. The molecule has 20 heavy (non-hydrogen) atoms. The molecule has 1 radical (unpaired) electrons. The number of hydrogen-bond acceptors (Lipinski definition) is 3. The standard InChI is InChI=1S/C16H16BO3/c1-16(2,3)12-8-4-6-10-11-7-5-9-13(20-17-18)15(11)19-14(10)12/h4-9,18H,1-3H3. The molecule has 0 spiro atoms. The zero-order valence-corrected chi connectivity index (χ0v) is 11.8. The van der Waals surface area contributed by atoms with Crippen LogP contribution in [0.2, 0.25) is 0 Å². The van der Waals surface area contributed by atoms with Crippen molar-refractivity contribution in [1.29, 1.82) is 0 Å². The minimum atomic E-state index is -0.00247. The van der Waals surface area contributed by atoms with Crippen LogP contribution < -0.4 is 4.65 Å². The summed E-state index contributed by atoms with van der Waals surface area (Å²) in [6, 6.07) is 11.8. The number of hydrogen-bond donors (Lipinski definition) is 1. The Kier molecular flexibility index (Phi) is 2.98. The molecule has 1 aromatic heterocycles. The third-order valence-corrected chi connectivity index (χ3v) is 3.48. The Labute approximate surface area is 118 Å². The summed E-state index contributed by atoms with van der Waals surface area (Å²) in [5, 5.41) is 10.9. The van der Waals surface area contributed by atoms with Gasteiger partial charge < -0.3 is 14.1 Å². The second-order valence-corrected chi connectivity index (χ2v) is 5.89. The quantitative estimate of drug-likeness (QED) is 0.718. The van der Waals surface area contributed by atoms with Crippen molar-refractivity contribution < 1.29 is 14.1 Å². The molecule has 4 heteroatoms. The van der Waals surface area contributed by atoms with Crippen LogP contribution in [0.4, 0.5) is 0 Å². The molecule has 0 fully saturated rings. The van der Waals surface area contributed by atoms with E-state index in [1.807, 2.05) is 24.3 Å². The molecule has 3 rings (SSSR count). The molecule has 101 valence electrons. The monoisotopic (exact) mass is 267 g/mol. The van der Waals surface area contributed by atoms with Crippen molar-refractivity contribution in [2.75, 3.05) is 0 Å². The van der Waals surface area contributed by atoms with Gasteiger partial charge in [-0.25, -0.2) is 0 Å². The Balaban J connectivity index is 2.39. The lowest BCUT2D eigenvalue weighted by molar-refractivity contribution is 0.450. The summed E-state index contributed by atoms with van der Waals surface area (Å²) < 4.78 is 11.1. The average Bonchev–Trinajstić information content (AvgIpc) is 2.77. The van der Waals surface area contributed by atoms with Gasteiger partial charge in [0, 0.05) is 16.3 Å². The highest BCUT2D eigenvalue weighted by molar-refractivity contribution is 6.18. The van der Waals surface area contributed by atoms with E-state index in [0.717, 1.165) is 21.9 Å². The third kappa shape index (κ3) is 1.97. The third-order valence-electron chi connectivity index (χ3n) is 3.48. The molecular formula is C16H16BO3. The van der Waals surface area contributed by atoms with Crippen LogP contribution in [0.25, 0.3) is 21.9 Å². The first-order valence-electron chi connectivity index (χ1n) is 6.59. The summed E-state index contributed by atoms with van der Waals surface area (Å²) in [6.07, 6.45) is 0. The van der Waals surface area contributed by atoms with E-state index >= 15 is 0 Å². The topological polar surface area (TPSA) is 42.6 Å². The van der Waals surface area contributed by atoms with Gasteiger partial charge >= 0.3 is 7.69 Å². The molecule has 0 aliphatic heterocycles. The van der Waals surface area contributed by atoms with Gasteiger partial charge in [-0.1, -0.05) is 51.1 Å². The summed E-state index contributed by atoms with van der Waals surface area (Å²) in [5.41, 5.74) is 2.69. The summed E-state index contributed by atoms with van der Waals surface area (Å²) in [4.78, 5) is 0. The molecule has 0 aliphatic rings. The lowest BCUT2D eigenvalue weighted by Gasteiger charge is -2.18. The van der Waals surface area contributed by atoms with Crippen molar-refractivity contribution >= 4 is 29.6 Å². The van der Waals surface area contributed by atoms with Gasteiger partial charge in [0.25, 0.3) is 0 Å². The molecule has 0 aliphatic carbocycles. The molecule has 1 heterocycles. The van der Waals surface area contributed by atoms with E-state index in [4.69, 9.17) is 14.1 Å². The van der Waals surface area contributed by atoms with Gasteiger partial charge in [0.15, 0.2) is 5.58 Å². The van der Waals surface area contributed by atoms with Crippen LogP contribution in [-0.4, -0.2) is 12.7 Å². The molecule has 0 amide bonds. The molecule has 0 unspecified atom stereocenters. The Morgan fingerprint density at radius 2 is 1.65 bits per heavy atom. The SMILES string of the molecule is CC(C)(C)c1cccc2c1oc1c(O[B]O)cccc12. The minimum Gasteiger partial charge on any atom is -0.535 e. The first-order valence-corrected chi connectivity index (χ1v) is 6.59. The lowest BCUT2D eigenvalue weighted by atomic mass is 9.86. The minimum absolute atomic E-state index is 0.00247. The largest absolute Gasteiger partial charge is 0.569 e. The van der Waals surface area contributed by atoms with E-state index < -0.39 is 0 Å². The fourth-order valence-corrected chi connectivity index (χ4v) is 2.53. The summed E-state index contributed by atoms with van der Waals surface area (Å²) in [7, 11) is 0.673. The van der Waals surface area contributed by atoms with Gasteiger partial charge in [-0.15, -0.1) is 0 Å². The molecule has 0 saturated heterocycles. The maximum atomic E-state index is 8.85. The first-order chi connectivity index (χ1) is 9.52. The summed E-state index contributed by atoms with van der Waals surface area (Å²) in [6.45, 7) is 6.48. The second-order valence-electron chi connectivity index (χ2n) is 5.89. The molecule has 0 saturated carbocycles. The predicted molar refractivity (Wildman–Crippen MR) is 81.0 cm³/mol. The molecule has 1 N–H and O–H groups in total. The number of furan rings is 1. The predicted octanol–water partition coefficient (Wildman–Crippen LogP) is 3.79. The highest BCUT2D eigenvalue weighted by atomic mass is 16.5. The summed E-state index contributed by atoms with van der Waals surface area (Å²) in [5.74, 6) is 0.515. The Morgan fingerprint density at radius 3 is 2.30 bits per heavy atom. The van der Waals surface area contributed by atoms with Gasteiger partial charge in [0.05, 0.1) is 0 Å². The van der Waals surface area contributed by atoms with E-state index in [2.05, 4.69) is 26.8 Å². The average molecular weight is 267 g/mol. The number of rotatable bonds is 2. The lowest BCUT2D eigenvalue weighted by Crippen LogP contribution is -2.10. The number of para-hydroxylation sites is 2. The van der Waals surface area contributed by atoms with Crippen LogP contribution in [0.1, 0.15) is 26.3 Å². The molecule has 3 aromatic rings. The maximum Gasteiger partial charge on any atom is 0.569 e. The molecular weight excluding hydrogens is 251 g/mol. The Bertz CT molecular complexity index is 768. The molecule has 0 atom stereocenters. The molecule has 0 bridgehead atoms. The van der Waals surface area contributed by atoms with Gasteiger partial charge in [0.2, 0.25) is 0 Å². The van der Waals surface area contributed by atoms with Crippen LogP contribution in [0.5, 0.6) is 5.75 Å². The fraction of sp³-hybridized carbons (Fsp3) is 0.250. The van der Waals surface area contributed by atoms with Crippen LogP contribution >= 0.6 is 0 Å². The van der Waals surface area contributed by atoms with Gasteiger partial charge in [-0.3, -0.25) is 0 Å². The van der Waals surface area contributed by atoms with Crippen molar-refractivity contribution in [2.45, 2.75) is 26.2 Å². The summed E-state index contributed by atoms with van der Waals surface area (Å²) >= 11 is 0. The highest BCUT2D eigenvalue weighted by Crippen LogP contribution is 2.39. The normalized spacial score (nSPS) is 12.0. The van der Waals surface area contributed by atoms with Crippen LogP contribution in [0.15, 0.2) is 40.8 Å². The molecule has 3 nitrogen and oxygen atoms in total. The van der Waals surface area contributed by atoms with E-state index in [1.54, 1.807) is 6.07 Å². The van der Waals surface area contributed by atoms with E-state index in [0.29, 0.717) is 19.0 Å². The van der Waals surface area contributed by atoms with Crippen LogP contribution in [-0.2, 0) is 5.41 Å². The number of fused-ring (bicyclic) bond motifs is 3.